The lowest BCUT2D eigenvalue weighted by atomic mass is 10.0. The third-order valence-corrected chi connectivity index (χ3v) is 4.47. The molecule has 0 saturated carbocycles. The van der Waals surface area contributed by atoms with E-state index in [2.05, 4.69) is 17.1 Å². The maximum atomic E-state index is 12.2. The summed E-state index contributed by atoms with van der Waals surface area (Å²) in [7, 11) is 0. The monoisotopic (exact) mass is 290 g/mol. The normalized spacial score (nSPS) is 25.6. The van der Waals surface area contributed by atoms with E-state index in [1.165, 1.54) is 25.0 Å². The van der Waals surface area contributed by atoms with Crippen molar-refractivity contribution < 1.29 is 9.53 Å². The number of hydrogen-bond acceptors (Lipinski definition) is 3. The number of carbonyl (C=O) groups excluding carboxylic acids is 1. The van der Waals surface area contributed by atoms with Crippen molar-refractivity contribution in [3.8, 4) is 0 Å². The quantitative estimate of drug-likeness (QED) is 0.743. The Kier molecular flexibility index (Phi) is 3.72. The van der Waals surface area contributed by atoms with Crippen LogP contribution in [-0.4, -0.2) is 47.2 Å². The molecule has 0 aromatic heterocycles. The summed E-state index contributed by atoms with van der Waals surface area (Å²) in [6, 6.07) is 0.452. The summed E-state index contributed by atoms with van der Waals surface area (Å²) < 4.78 is 5.48. The number of hydrogen-bond donors (Lipinski definition) is 0. The fraction of sp³-hybridized carbons (Fsp3) is 0.706. The lowest BCUT2D eigenvalue weighted by Crippen LogP contribution is -2.39. The van der Waals surface area contributed by atoms with Gasteiger partial charge in [-0.2, -0.15) is 0 Å². The molecule has 1 fully saturated rings. The molecule has 21 heavy (non-hydrogen) atoms. The van der Waals surface area contributed by atoms with Crippen molar-refractivity contribution in [2.24, 2.45) is 0 Å². The standard InChI is InChI=1S/C17H26N2O2/c1-17(2,3)21-16(20)18-10-9-14(12-18)19-11-8-13-6-4-5-7-15(13)19/h5,7,14H,4,6,8-12H2,1-3H3. The van der Waals surface area contributed by atoms with E-state index in [-0.39, 0.29) is 6.09 Å². The number of nitrogens with zero attached hydrogens (tertiary/aromatic N) is 2. The van der Waals surface area contributed by atoms with Gasteiger partial charge in [-0.05, 0) is 58.1 Å². The van der Waals surface area contributed by atoms with Crippen molar-refractivity contribution in [2.75, 3.05) is 19.6 Å². The minimum absolute atomic E-state index is 0.169. The molecule has 1 aliphatic carbocycles. The van der Waals surface area contributed by atoms with Crippen molar-refractivity contribution in [3.63, 3.8) is 0 Å². The molecule has 1 amide bonds. The first-order chi connectivity index (χ1) is 9.94. The summed E-state index contributed by atoms with van der Waals surface area (Å²) >= 11 is 0. The van der Waals surface area contributed by atoms with Crippen LogP contribution in [0.4, 0.5) is 4.79 Å². The van der Waals surface area contributed by atoms with E-state index < -0.39 is 5.60 Å². The van der Waals surface area contributed by atoms with Crippen LogP contribution in [0.15, 0.2) is 23.4 Å². The molecule has 3 rings (SSSR count). The van der Waals surface area contributed by atoms with Crippen molar-refractivity contribution >= 4 is 6.09 Å². The lowest BCUT2D eigenvalue weighted by molar-refractivity contribution is 0.0284. The third kappa shape index (κ3) is 3.09. The Morgan fingerprint density at radius 2 is 2.10 bits per heavy atom. The molecule has 1 saturated heterocycles. The highest BCUT2D eigenvalue weighted by Crippen LogP contribution is 2.34. The van der Waals surface area contributed by atoms with Gasteiger partial charge in [0.15, 0.2) is 0 Å². The number of allylic oxidation sites excluding steroid dienone is 2. The van der Waals surface area contributed by atoms with Crippen molar-refractivity contribution in [2.45, 2.75) is 58.1 Å². The van der Waals surface area contributed by atoms with E-state index >= 15 is 0 Å². The molecule has 2 aliphatic heterocycles. The van der Waals surface area contributed by atoms with Gasteiger partial charge in [-0.15, -0.1) is 0 Å². The Hall–Kier alpha value is -1.45. The Morgan fingerprint density at radius 3 is 2.86 bits per heavy atom. The van der Waals surface area contributed by atoms with E-state index in [1.807, 2.05) is 25.7 Å². The zero-order valence-corrected chi connectivity index (χ0v) is 13.4. The zero-order valence-electron chi connectivity index (χ0n) is 13.4. The first kappa shape index (κ1) is 14.5. The van der Waals surface area contributed by atoms with Gasteiger partial charge < -0.3 is 14.5 Å². The minimum atomic E-state index is -0.412. The highest BCUT2D eigenvalue weighted by Gasteiger charge is 2.35. The van der Waals surface area contributed by atoms with Crippen LogP contribution in [-0.2, 0) is 4.74 Å². The molecule has 2 heterocycles. The van der Waals surface area contributed by atoms with Gasteiger partial charge in [-0.25, -0.2) is 4.79 Å². The van der Waals surface area contributed by atoms with Gasteiger partial charge in [0.1, 0.15) is 5.60 Å². The highest BCUT2D eigenvalue weighted by atomic mass is 16.6. The molecule has 0 aromatic rings. The van der Waals surface area contributed by atoms with Crippen LogP contribution in [0.2, 0.25) is 0 Å². The van der Waals surface area contributed by atoms with Crippen LogP contribution < -0.4 is 0 Å². The first-order valence-corrected chi connectivity index (χ1v) is 8.07. The molecule has 3 aliphatic rings. The fourth-order valence-corrected chi connectivity index (χ4v) is 3.49. The second kappa shape index (κ2) is 5.39. The SMILES string of the molecule is CC(C)(C)OC(=O)N1CCC(N2CCC3=C2C=CCC3)C1. The molecule has 4 heteroatoms. The van der Waals surface area contributed by atoms with Gasteiger partial charge in [-0.1, -0.05) is 6.08 Å². The van der Waals surface area contributed by atoms with Gasteiger partial charge in [0, 0.05) is 31.4 Å². The molecular formula is C17H26N2O2. The van der Waals surface area contributed by atoms with E-state index in [1.54, 1.807) is 5.57 Å². The second-order valence-electron chi connectivity index (χ2n) is 7.24. The summed E-state index contributed by atoms with van der Waals surface area (Å²) in [6.45, 7) is 8.47. The molecule has 0 spiro atoms. The van der Waals surface area contributed by atoms with Gasteiger partial charge >= 0.3 is 6.09 Å². The average Bonchev–Trinajstić information content (AvgIpc) is 3.03. The third-order valence-electron chi connectivity index (χ3n) is 4.47. The molecule has 1 atom stereocenters. The molecule has 0 bridgehead atoms. The predicted molar refractivity (Wildman–Crippen MR) is 82.9 cm³/mol. The van der Waals surface area contributed by atoms with Gasteiger partial charge in [0.2, 0.25) is 0 Å². The van der Waals surface area contributed by atoms with Crippen LogP contribution in [0, 0.1) is 0 Å². The molecule has 0 aromatic carbocycles. The summed E-state index contributed by atoms with van der Waals surface area (Å²) in [6.07, 6.45) is 9.02. The number of rotatable bonds is 1. The van der Waals surface area contributed by atoms with Crippen LogP contribution >= 0.6 is 0 Å². The summed E-state index contributed by atoms with van der Waals surface area (Å²) in [5.41, 5.74) is 2.62. The van der Waals surface area contributed by atoms with E-state index in [0.29, 0.717) is 6.04 Å². The highest BCUT2D eigenvalue weighted by molar-refractivity contribution is 5.68. The second-order valence-corrected chi connectivity index (χ2v) is 7.24. The fourth-order valence-electron chi connectivity index (χ4n) is 3.49. The molecule has 1 unspecified atom stereocenters. The lowest BCUT2D eigenvalue weighted by Gasteiger charge is -2.29. The summed E-state index contributed by atoms with van der Waals surface area (Å²) in [5.74, 6) is 0. The maximum absolute atomic E-state index is 12.2. The number of ether oxygens (including phenoxy) is 1. The zero-order chi connectivity index (χ0) is 15.0. The van der Waals surface area contributed by atoms with Crippen LogP contribution in [0.25, 0.3) is 0 Å². The van der Waals surface area contributed by atoms with Crippen molar-refractivity contribution in [1.29, 1.82) is 0 Å². The summed E-state index contributed by atoms with van der Waals surface area (Å²) in [4.78, 5) is 16.5. The Morgan fingerprint density at radius 1 is 1.29 bits per heavy atom. The summed E-state index contributed by atoms with van der Waals surface area (Å²) in [5, 5.41) is 0. The van der Waals surface area contributed by atoms with Crippen LogP contribution in [0.5, 0.6) is 0 Å². The molecular weight excluding hydrogens is 264 g/mol. The molecule has 0 N–H and O–H groups in total. The first-order valence-electron chi connectivity index (χ1n) is 8.07. The Labute approximate surface area is 127 Å². The van der Waals surface area contributed by atoms with E-state index in [9.17, 15) is 4.79 Å². The van der Waals surface area contributed by atoms with Gasteiger partial charge in [0.25, 0.3) is 0 Å². The maximum Gasteiger partial charge on any atom is 0.410 e. The Balaban J connectivity index is 1.62. The number of carbonyl (C=O) groups is 1. The number of likely N-dealkylation sites (tertiary alicyclic amines) is 1. The Bertz CT molecular complexity index is 488. The van der Waals surface area contributed by atoms with E-state index in [4.69, 9.17) is 4.74 Å². The minimum Gasteiger partial charge on any atom is -0.444 e. The molecule has 116 valence electrons. The van der Waals surface area contributed by atoms with Crippen molar-refractivity contribution in [1.82, 2.24) is 9.80 Å². The van der Waals surface area contributed by atoms with E-state index in [0.717, 1.165) is 26.1 Å². The van der Waals surface area contributed by atoms with Gasteiger partial charge in [0.05, 0.1) is 0 Å². The topological polar surface area (TPSA) is 32.8 Å². The molecule has 0 radical (unpaired) electrons. The van der Waals surface area contributed by atoms with Crippen molar-refractivity contribution in [3.05, 3.63) is 23.4 Å². The average molecular weight is 290 g/mol. The van der Waals surface area contributed by atoms with Crippen LogP contribution in [0.3, 0.4) is 0 Å². The molecule has 4 nitrogen and oxygen atoms in total. The number of amides is 1. The predicted octanol–water partition coefficient (Wildman–Crippen LogP) is 3.31. The van der Waals surface area contributed by atoms with Crippen LogP contribution in [0.1, 0.15) is 46.5 Å². The smallest absolute Gasteiger partial charge is 0.410 e. The largest absolute Gasteiger partial charge is 0.444 e. The van der Waals surface area contributed by atoms with Gasteiger partial charge in [-0.3, -0.25) is 0 Å².